The summed E-state index contributed by atoms with van der Waals surface area (Å²) in [5, 5.41) is 8.97. The van der Waals surface area contributed by atoms with Crippen molar-refractivity contribution in [2.45, 2.75) is 10.1 Å². The van der Waals surface area contributed by atoms with Gasteiger partial charge in [0.05, 0.1) is 0 Å². The van der Waals surface area contributed by atoms with Crippen LogP contribution in [0.15, 0.2) is 23.4 Å². The van der Waals surface area contributed by atoms with Crippen molar-refractivity contribution in [3.63, 3.8) is 0 Å². The summed E-state index contributed by atoms with van der Waals surface area (Å²) in [6.45, 7) is 0.151. The van der Waals surface area contributed by atoms with Gasteiger partial charge >= 0.3 is 0 Å². The maximum atomic E-state index is 12.2. The minimum atomic E-state index is -3.57. The third kappa shape index (κ3) is 5.20. The highest BCUT2D eigenvalue weighted by Crippen LogP contribution is 2.23. The Hall–Kier alpha value is -0.720. The van der Waals surface area contributed by atoms with E-state index >= 15 is 0 Å². The topological polar surface area (TPSA) is 79.3 Å². The largest absolute Gasteiger partial charge is 0.384 e. The number of aliphatic hydroxyl groups excluding tert-OH is 1. The van der Waals surface area contributed by atoms with E-state index in [4.69, 9.17) is 5.11 Å². The zero-order valence-electron chi connectivity index (χ0n) is 11.3. The molecule has 1 aliphatic rings. The monoisotopic (exact) mass is 344 g/mol. The molecular weight excluding hydrogens is 328 g/mol. The highest BCUT2D eigenvalue weighted by molar-refractivity contribution is 8.06. The summed E-state index contributed by atoms with van der Waals surface area (Å²) in [5.41, 5.74) is 0.467. The molecule has 114 valence electrons. The molecule has 2 N–H and O–H groups in total. The number of aromatic nitrogens is 1. The fraction of sp³-hybridized carbons (Fsp3) is 0.462. The molecule has 1 fully saturated rings. The predicted octanol–water partition coefficient (Wildman–Crippen LogP) is 0.552. The molecule has 5 nitrogen and oxygen atoms in total. The molecule has 0 spiro atoms. The van der Waals surface area contributed by atoms with E-state index < -0.39 is 10.0 Å². The first-order valence-corrected chi connectivity index (χ1v) is 10.0. The number of aliphatic hydroxyl groups is 1. The van der Waals surface area contributed by atoms with Crippen molar-refractivity contribution in [2.24, 2.45) is 0 Å². The van der Waals surface area contributed by atoms with E-state index in [0.29, 0.717) is 17.4 Å². The van der Waals surface area contributed by atoms with Gasteiger partial charge in [-0.1, -0.05) is 11.8 Å². The van der Waals surface area contributed by atoms with Crippen LogP contribution in [-0.4, -0.2) is 54.2 Å². The Morgan fingerprint density at radius 1 is 1.43 bits per heavy atom. The van der Waals surface area contributed by atoms with Crippen molar-refractivity contribution in [3.8, 4) is 11.8 Å². The maximum Gasteiger partial charge on any atom is 0.242 e. The van der Waals surface area contributed by atoms with Gasteiger partial charge in [0.2, 0.25) is 10.0 Å². The predicted molar refractivity (Wildman–Crippen MR) is 87.0 cm³/mol. The molecule has 0 radical (unpaired) electrons. The van der Waals surface area contributed by atoms with Gasteiger partial charge in [0.25, 0.3) is 0 Å². The number of hydrogen-bond donors (Lipinski definition) is 2. The van der Waals surface area contributed by atoms with Gasteiger partial charge in [0.1, 0.15) is 11.5 Å². The molecule has 0 aliphatic carbocycles. The van der Waals surface area contributed by atoms with Crippen LogP contribution in [0.3, 0.4) is 0 Å². The van der Waals surface area contributed by atoms with E-state index in [1.54, 1.807) is 11.8 Å². The molecule has 0 aromatic carbocycles. The smallest absolute Gasteiger partial charge is 0.242 e. The van der Waals surface area contributed by atoms with Crippen molar-refractivity contribution < 1.29 is 13.5 Å². The lowest BCUT2D eigenvalue weighted by molar-refractivity contribution is 0.350. The lowest BCUT2D eigenvalue weighted by Gasteiger charge is -2.21. The molecule has 0 amide bonds. The lowest BCUT2D eigenvalue weighted by atomic mass is 10.3. The van der Waals surface area contributed by atoms with Crippen LogP contribution in [0.1, 0.15) is 5.56 Å². The van der Waals surface area contributed by atoms with Crippen LogP contribution in [0.25, 0.3) is 0 Å². The first-order chi connectivity index (χ1) is 10.1. The van der Waals surface area contributed by atoms with Crippen LogP contribution in [0.5, 0.6) is 0 Å². The summed E-state index contributed by atoms with van der Waals surface area (Å²) in [7, 11) is -3.57. The van der Waals surface area contributed by atoms with E-state index in [9.17, 15) is 8.42 Å². The minimum Gasteiger partial charge on any atom is -0.384 e. The number of thioether (sulfide) groups is 2. The Morgan fingerprint density at radius 3 is 3.00 bits per heavy atom. The van der Waals surface area contributed by atoms with Crippen LogP contribution in [-0.2, 0) is 10.0 Å². The number of nitrogens with zero attached hydrogens (tertiary/aromatic N) is 1. The number of nitrogens with one attached hydrogen (secondary N) is 1. The number of sulfonamides is 1. The van der Waals surface area contributed by atoms with E-state index in [1.165, 1.54) is 18.5 Å². The van der Waals surface area contributed by atoms with Gasteiger partial charge in [-0.05, 0) is 6.07 Å². The van der Waals surface area contributed by atoms with Gasteiger partial charge < -0.3 is 5.11 Å². The van der Waals surface area contributed by atoms with Crippen molar-refractivity contribution >= 4 is 33.5 Å². The van der Waals surface area contributed by atoms with Gasteiger partial charge in [0.15, 0.2) is 0 Å². The van der Waals surface area contributed by atoms with Crippen LogP contribution >= 0.6 is 23.5 Å². The average molecular weight is 344 g/mol. The summed E-state index contributed by atoms with van der Waals surface area (Å²) in [5.74, 6) is 8.28. The number of hydrogen-bond acceptors (Lipinski definition) is 6. The molecule has 0 bridgehead atoms. The molecular formula is C13H16N2O3S3. The third-order valence-electron chi connectivity index (χ3n) is 2.72. The Balaban J connectivity index is 2.04. The average Bonchev–Trinajstić information content (AvgIpc) is 2.52. The Morgan fingerprint density at radius 2 is 2.29 bits per heavy atom. The highest BCUT2D eigenvalue weighted by atomic mass is 32.2. The molecule has 1 atom stereocenters. The lowest BCUT2D eigenvalue weighted by Crippen LogP contribution is -2.33. The second-order valence-corrected chi connectivity index (χ2v) is 8.61. The Kier molecular flexibility index (Phi) is 6.39. The Labute approximate surface area is 133 Å². The van der Waals surface area contributed by atoms with E-state index in [-0.39, 0.29) is 11.5 Å². The number of rotatable bonds is 4. The quantitative estimate of drug-likeness (QED) is 0.777. The first kappa shape index (κ1) is 16.6. The van der Waals surface area contributed by atoms with Gasteiger partial charge in [0, 0.05) is 47.0 Å². The molecule has 8 heteroatoms. The summed E-state index contributed by atoms with van der Waals surface area (Å²) in [4.78, 5) is 3.98. The fourth-order valence-corrected chi connectivity index (χ4v) is 5.50. The van der Waals surface area contributed by atoms with Gasteiger partial charge in [-0.15, -0.1) is 0 Å². The highest BCUT2D eigenvalue weighted by Gasteiger charge is 2.19. The zero-order chi connectivity index (χ0) is 15.1. The second kappa shape index (κ2) is 8.06. The van der Waals surface area contributed by atoms with E-state index in [1.807, 2.05) is 11.8 Å². The van der Waals surface area contributed by atoms with Crippen LogP contribution in [0.2, 0.25) is 0 Å². The van der Waals surface area contributed by atoms with Crippen molar-refractivity contribution in [1.29, 1.82) is 0 Å². The van der Waals surface area contributed by atoms with Gasteiger partial charge in [-0.25, -0.2) is 13.1 Å². The summed E-state index contributed by atoms with van der Waals surface area (Å²) >= 11 is 3.65. The number of pyridine rings is 1. The third-order valence-corrected chi connectivity index (χ3v) is 6.96. The molecule has 21 heavy (non-hydrogen) atoms. The minimum absolute atomic E-state index is 0.0979. The summed E-state index contributed by atoms with van der Waals surface area (Å²) in [6, 6.07) is 1.46. The summed E-state index contributed by atoms with van der Waals surface area (Å²) in [6.07, 6.45) is 2.77. The van der Waals surface area contributed by atoms with Gasteiger partial charge in [-0.3, -0.25) is 4.98 Å². The van der Waals surface area contributed by atoms with Gasteiger partial charge in [-0.2, -0.15) is 23.5 Å². The van der Waals surface area contributed by atoms with Crippen LogP contribution in [0.4, 0.5) is 0 Å². The normalized spacial score (nSPS) is 18.8. The van der Waals surface area contributed by atoms with E-state index in [0.717, 1.165) is 17.3 Å². The standard InChI is InChI=1S/C13H16N2O3S3/c16-3-1-2-11-6-13(9-14-7-11)21(17,18)15-8-12-10-19-4-5-20-12/h6-7,9,12,15-16H,3-5,8,10H2. The SMILES string of the molecule is O=S(=O)(NCC1CSCCS1)c1cncc(C#CCO)c1. The molecule has 2 heterocycles. The zero-order valence-corrected chi connectivity index (χ0v) is 13.7. The molecule has 1 aromatic rings. The molecule has 1 aromatic heterocycles. The van der Waals surface area contributed by atoms with Crippen molar-refractivity contribution in [3.05, 3.63) is 24.0 Å². The molecule has 1 unspecified atom stereocenters. The molecule has 1 saturated heterocycles. The van der Waals surface area contributed by atoms with Crippen molar-refractivity contribution in [1.82, 2.24) is 9.71 Å². The first-order valence-electron chi connectivity index (χ1n) is 6.35. The van der Waals surface area contributed by atoms with Crippen molar-refractivity contribution in [2.75, 3.05) is 30.4 Å². The van der Waals surface area contributed by atoms with E-state index in [2.05, 4.69) is 21.5 Å². The van der Waals surface area contributed by atoms with Crippen LogP contribution in [0, 0.1) is 11.8 Å². The fourth-order valence-electron chi connectivity index (χ4n) is 1.72. The summed E-state index contributed by atoms with van der Waals surface area (Å²) < 4.78 is 27.1. The van der Waals surface area contributed by atoms with Crippen LogP contribution < -0.4 is 4.72 Å². The second-order valence-electron chi connectivity index (χ2n) is 4.29. The maximum absolute atomic E-state index is 12.2. The molecule has 1 aliphatic heterocycles. The molecule has 0 saturated carbocycles. The molecule has 2 rings (SSSR count). The Bertz CT molecular complexity index is 632.